The Kier molecular flexibility index (Phi) is 6.41. The van der Waals surface area contributed by atoms with Crippen molar-refractivity contribution in [1.29, 1.82) is 0 Å². The zero-order valence-corrected chi connectivity index (χ0v) is 19.9. The van der Waals surface area contributed by atoms with E-state index in [1.54, 1.807) is 30.7 Å². The summed E-state index contributed by atoms with van der Waals surface area (Å²) in [5, 5.41) is 4.76. The van der Waals surface area contributed by atoms with Gasteiger partial charge >= 0.3 is 0 Å². The van der Waals surface area contributed by atoms with Gasteiger partial charge in [0.2, 0.25) is 5.95 Å². The number of benzene rings is 1. The molecule has 0 atom stereocenters. The molecule has 8 nitrogen and oxygen atoms in total. The molecular formula is C22H18ClN5O3S2. The number of sulfone groups is 1. The van der Waals surface area contributed by atoms with Gasteiger partial charge in [-0.15, -0.1) is 11.3 Å². The lowest BCUT2D eigenvalue weighted by Crippen LogP contribution is -2.14. The first-order valence-electron chi connectivity index (χ1n) is 9.59. The highest BCUT2D eigenvalue weighted by molar-refractivity contribution is 7.90. The molecule has 0 fully saturated rings. The SMILES string of the molecule is CN(c1ncccn1)c1cccnc1-c1csc(C(=O)Nc2cc(Cl)cc(S(C)(=O)=O)c2)c1. The molecule has 0 unspecified atom stereocenters. The summed E-state index contributed by atoms with van der Waals surface area (Å²) in [6.07, 6.45) is 6.08. The number of hydrogen-bond acceptors (Lipinski definition) is 8. The van der Waals surface area contributed by atoms with Crippen molar-refractivity contribution >= 4 is 56.0 Å². The van der Waals surface area contributed by atoms with E-state index < -0.39 is 9.84 Å². The minimum atomic E-state index is -3.47. The molecule has 0 radical (unpaired) electrons. The van der Waals surface area contributed by atoms with Gasteiger partial charge in [0.05, 0.1) is 21.2 Å². The van der Waals surface area contributed by atoms with Gasteiger partial charge in [-0.2, -0.15) is 0 Å². The highest BCUT2D eigenvalue weighted by atomic mass is 35.5. The predicted molar refractivity (Wildman–Crippen MR) is 130 cm³/mol. The number of carbonyl (C=O) groups excluding carboxylic acids is 1. The van der Waals surface area contributed by atoms with Crippen molar-refractivity contribution in [3.8, 4) is 11.3 Å². The van der Waals surface area contributed by atoms with E-state index in [-0.39, 0.29) is 15.8 Å². The molecule has 0 spiro atoms. The largest absolute Gasteiger partial charge is 0.321 e. The van der Waals surface area contributed by atoms with Crippen LogP contribution in [0.25, 0.3) is 11.3 Å². The van der Waals surface area contributed by atoms with Gasteiger partial charge in [-0.3, -0.25) is 9.78 Å². The van der Waals surface area contributed by atoms with E-state index in [9.17, 15) is 13.2 Å². The van der Waals surface area contributed by atoms with Gasteiger partial charge < -0.3 is 10.2 Å². The summed E-state index contributed by atoms with van der Waals surface area (Å²) in [6.45, 7) is 0. The maximum absolute atomic E-state index is 12.8. The standard InChI is InChI=1S/C22H18ClN5O3S2/c1-28(22-25-7-4-8-26-22)18-5-3-6-24-20(18)14-9-19(32-13-14)21(29)27-16-10-15(23)11-17(12-16)33(2,30)31/h3-13H,1-2H3,(H,27,29). The highest BCUT2D eigenvalue weighted by Gasteiger charge is 2.18. The molecule has 3 heterocycles. The smallest absolute Gasteiger partial charge is 0.265 e. The van der Waals surface area contributed by atoms with E-state index >= 15 is 0 Å². The predicted octanol–water partition coefficient (Wildman–Crippen LogP) is 4.68. The van der Waals surface area contributed by atoms with Crippen molar-refractivity contribution in [3.63, 3.8) is 0 Å². The van der Waals surface area contributed by atoms with Gasteiger partial charge in [-0.25, -0.2) is 18.4 Å². The fourth-order valence-corrected chi connectivity index (χ4v) is 4.85. The first kappa shape index (κ1) is 22.8. The minimum absolute atomic E-state index is 0.0291. The van der Waals surface area contributed by atoms with E-state index in [1.165, 1.54) is 29.5 Å². The van der Waals surface area contributed by atoms with Gasteiger partial charge in [0.1, 0.15) is 0 Å². The molecule has 4 aromatic rings. The molecule has 0 saturated heterocycles. The Morgan fingerprint density at radius 3 is 2.52 bits per heavy atom. The van der Waals surface area contributed by atoms with Crippen molar-refractivity contribution in [2.24, 2.45) is 0 Å². The van der Waals surface area contributed by atoms with Crippen molar-refractivity contribution in [1.82, 2.24) is 15.0 Å². The third kappa shape index (κ3) is 5.19. The third-order valence-electron chi connectivity index (χ3n) is 4.65. The third-order valence-corrected chi connectivity index (χ3v) is 6.89. The molecule has 0 aliphatic carbocycles. The number of halogens is 1. The van der Waals surface area contributed by atoms with Gasteiger partial charge in [0.25, 0.3) is 5.91 Å². The average molecular weight is 500 g/mol. The second-order valence-corrected chi connectivity index (χ2v) is 10.4. The zero-order valence-electron chi connectivity index (χ0n) is 17.6. The Morgan fingerprint density at radius 1 is 1.06 bits per heavy atom. The van der Waals surface area contributed by atoms with Crippen LogP contribution in [0.5, 0.6) is 0 Å². The van der Waals surface area contributed by atoms with E-state index in [0.717, 1.165) is 17.5 Å². The summed E-state index contributed by atoms with van der Waals surface area (Å²) in [7, 11) is -1.63. The van der Waals surface area contributed by atoms with Gasteiger partial charge in [-0.05, 0) is 42.5 Å². The summed E-state index contributed by atoms with van der Waals surface area (Å²) < 4.78 is 23.7. The second kappa shape index (κ2) is 9.26. The van der Waals surface area contributed by atoms with Crippen LogP contribution in [0, 0.1) is 0 Å². The number of aromatic nitrogens is 3. The molecular weight excluding hydrogens is 482 g/mol. The maximum Gasteiger partial charge on any atom is 0.265 e. The number of nitrogens with one attached hydrogen (secondary N) is 1. The Labute approximate surface area is 199 Å². The molecule has 4 rings (SSSR count). The van der Waals surface area contributed by atoms with Crippen LogP contribution in [0.15, 0.2) is 71.3 Å². The molecule has 3 aromatic heterocycles. The molecule has 1 aromatic carbocycles. The number of thiophene rings is 1. The molecule has 11 heteroatoms. The van der Waals surface area contributed by atoms with Crippen LogP contribution in [0.3, 0.4) is 0 Å². The molecule has 1 N–H and O–H groups in total. The molecule has 168 valence electrons. The summed E-state index contributed by atoms with van der Waals surface area (Å²) in [6, 6.07) is 11.4. The van der Waals surface area contributed by atoms with Crippen LogP contribution in [-0.4, -0.2) is 42.6 Å². The van der Waals surface area contributed by atoms with Crippen molar-refractivity contribution in [2.75, 3.05) is 23.5 Å². The summed E-state index contributed by atoms with van der Waals surface area (Å²) in [4.78, 5) is 28.1. The quantitative estimate of drug-likeness (QED) is 0.410. The van der Waals surface area contributed by atoms with Gasteiger partial charge in [0, 0.05) is 53.5 Å². The topological polar surface area (TPSA) is 105 Å². The molecule has 33 heavy (non-hydrogen) atoms. The van der Waals surface area contributed by atoms with Crippen LogP contribution in [0.2, 0.25) is 5.02 Å². The lowest BCUT2D eigenvalue weighted by Gasteiger charge is -2.19. The van der Waals surface area contributed by atoms with Crippen molar-refractivity contribution in [2.45, 2.75) is 4.90 Å². The molecule has 0 bridgehead atoms. The van der Waals surface area contributed by atoms with Gasteiger partial charge in [-0.1, -0.05) is 11.6 Å². The molecule has 0 aliphatic heterocycles. The maximum atomic E-state index is 12.8. The summed E-state index contributed by atoms with van der Waals surface area (Å²) in [5.41, 5.74) is 2.50. The number of hydrogen-bond donors (Lipinski definition) is 1. The van der Waals surface area contributed by atoms with E-state index in [2.05, 4.69) is 20.3 Å². The van der Waals surface area contributed by atoms with Crippen LogP contribution in [0.1, 0.15) is 9.67 Å². The number of amides is 1. The second-order valence-electron chi connectivity index (χ2n) is 7.08. The lowest BCUT2D eigenvalue weighted by molar-refractivity contribution is 0.103. The molecule has 0 saturated carbocycles. The summed E-state index contributed by atoms with van der Waals surface area (Å²) in [5.74, 6) is 0.132. The lowest BCUT2D eigenvalue weighted by atomic mass is 10.1. The van der Waals surface area contributed by atoms with Crippen LogP contribution in [-0.2, 0) is 9.84 Å². The Bertz CT molecular complexity index is 1420. The number of pyridine rings is 1. The monoisotopic (exact) mass is 499 g/mol. The van der Waals surface area contributed by atoms with Gasteiger partial charge in [0.15, 0.2) is 9.84 Å². The fraction of sp³-hybridized carbons (Fsp3) is 0.0909. The van der Waals surface area contributed by atoms with E-state index in [0.29, 0.717) is 22.2 Å². The number of carbonyl (C=O) groups is 1. The fourth-order valence-electron chi connectivity index (χ4n) is 3.08. The normalized spacial score (nSPS) is 11.2. The number of rotatable bonds is 6. The van der Waals surface area contributed by atoms with E-state index in [4.69, 9.17) is 11.6 Å². The minimum Gasteiger partial charge on any atom is -0.321 e. The Balaban J connectivity index is 1.61. The van der Waals surface area contributed by atoms with E-state index in [1.807, 2.05) is 29.5 Å². The van der Waals surface area contributed by atoms with Crippen molar-refractivity contribution < 1.29 is 13.2 Å². The number of nitrogens with zero attached hydrogens (tertiary/aromatic N) is 4. The molecule has 1 amide bonds. The molecule has 0 aliphatic rings. The Morgan fingerprint density at radius 2 is 1.79 bits per heavy atom. The average Bonchev–Trinajstić information content (AvgIpc) is 3.29. The highest BCUT2D eigenvalue weighted by Crippen LogP contribution is 2.34. The summed E-state index contributed by atoms with van der Waals surface area (Å²) >= 11 is 7.28. The van der Waals surface area contributed by atoms with Crippen LogP contribution < -0.4 is 10.2 Å². The zero-order chi connectivity index (χ0) is 23.6. The van der Waals surface area contributed by atoms with Crippen molar-refractivity contribution in [3.05, 3.63) is 76.3 Å². The Hall–Kier alpha value is -3.34. The van der Waals surface area contributed by atoms with Crippen LogP contribution >= 0.6 is 22.9 Å². The first-order valence-corrected chi connectivity index (χ1v) is 12.7. The number of anilines is 3. The van der Waals surface area contributed by atoms with Crippen LogP contribution in [0.4, 0.5) is 17.3 Å². The first-order chi connectivity index (χ1) is 15.7.